The third kappa shape index (κ3) is 26.0. The number of nitrogens with zero attached hydrogens (tertiary/aromatic N) is 2. The predicted molar refractivity (Wildman–Crippen MR) is 363 cm³/mol. The molecular weight excluding hydrogens is 1510 g/mol. The van der Waals surface area contributed by atoms with E-state index >= 15 is 0 Å². The summed E-state index contributed by atoms with van der Waals surface area (Å²) in [5.74, 6) is 2.53. The Bertz CT molecular complexity index is 4300. The molecule has 0 spiro atoms. The number of carbonyl (C=O) groups excluding carboxylic acids is 3. The number of carboxylic acids is 1. The zero-order valence-corrected chi connectivity index (χ0v) is 60.7. The molecule has 5 atom stereocenters. The zero-order chi connectivity index (χ0) is 73.8. The molecular formula is C55H71N6O30P3S6. The number of Topliss-reactive ketones (excluding diaryl/α,β-unsaturated/α-hetero) is 1. The van der Waals surface area contributed by atoms with E-state index in [0.717, 1.165) is 22.8 Å². The Labute approximate surface area is 586 Å². The number of rotatable bonds is 41. The SMILES string of the molecule is CSSCO[C@H]1C[C@H](n2cc(C#CCCC(=O)OCCCCOCSSC(C)(C)CCOC(=O)NCCOCCOCCCC(=O)c3ccc(C(=O)O)c(-c4c5ccc(=N)c(S(=O)(=O)O)c-5oc5c(S(=O)(=O)O)c(N)ccc45)c3)c(N)nc2=O)O[C@@H]1COP(=O)(O)OP(=O)(O)OP(=O)(O)O. The van der Waals surface area contributed by atoms with E-state index < -0.39 is 136 Å². The fourth-order valence-electron chi connectivity index (χ4n) is 9.19. The number of nitrogen functional groups attached to an aromatic ring is 2. The summed E-state index contributed by atoms with van der Waals surface area (Å²) in [6, 6.07) is 8.05. The van der Waals surface area contributed by atoms with Gasteiger partial charge in [-0.1, -0.05) is 61.1 Å². The Kier molecular flexibility index (Phi) is 31.5. The van der Waals surface area contributed by atoms with Crippen LogP contribution in [0.3, 0.4) is 0 Å². The van der Waals surface area contributed by atoms with Gasteiger partial charge in [0.15, 0.2) is 26.9 Å². The number of benzene rings is 3. The quantitative estimate of drug-likeness (QED) is 0.00179. The molecule has 3 aliphatic rings. The minimum Gasteiger partial charge on any atom is -0.478 e. The second kappa shape index (κ2) is 37.8. The molecule has 2 unspecified atom stereocenters. The maximum absolute atomic E-state index is 13.5. The highest BCUT2D eigenvalue weighted by Gasteiger charge is 2.44. The van der Waals surface area contributed by atoms with E-state index in [1.54, 1.807) is 17.0 Å². The van der Waals surface area contributed by atoms with Gasteiger partial charge in [-0.3, -0.25) is 33.2 Å². The van der Waals surface area contributed by atoms with Crippen LogP contribution >= 0.6 is 66.6 Å². The van der Waals surface area contributed by atoms with Crippen LogP contribution in [0.5, 0.6) is 0 Å². The number of carboxylic acid groups (broad SMARTS) is 1. The fourth-order valence-corrected chi connectivity index (χ4v) is 16.8. The number of phosphoric acid groups is 3. The molecule has 0 radical (unpaired) electrons. The molecule has 552 valence electrons. The monoisotopic (exact) mass is 1580 g/mol. The highest BCUT2D eigenvalue weighted by atomic mass is 33.1. The molecule has 45 heteroatoms. The summed E-state index contributed by atoms with van der Waals surface area (Å²) >= 11 is 0. The lowest BCUT2D eigenvalue weighted by Crippen LogP contribution is -2.29. The number of aromatic nitrogens is 2. The van der Waals surface area contributed by atoms with Crippen LogP contribution in [0.25, 0.3) is 33.4 Å². The van der Waals surface area contributed by atoms with Gasteiger partial charge in [-0.25, -0.2) is 28.1 Å². The second-order valence-corrected chi connectivity index (χ2v) is 34.1. The molecule has 2 aliphatic heterocycles. The Hall–Kier alpha value is -5.52. The molecule has 2 aromatic carbocycles. The van der Waals surface area contributed by atoms with Crippen molar-refractivity contribution < 1.29 is 134 Å². The molecule has 0 bridgehead atoms. The largest absolute Gasteiger partial charge is 0.490 e. The second-order valence-electron chi connectivity index (χ2n) is 21.5. The lowest BCUT2D eigenvalue weighted by molar-refractivity contribution is -0.143. The number of anilines is 2. The summed E-state index contributed by atoms with van der Waals surface area (Å²) in [4.78, 5) is 102. The van der Waals surface area contributed by atoms with Crippen molar-refractivity contribution in [2.75, 3.05) is 89.0 Å². The first-order valence-corrected chi connectivity index (χ1v) is 41.8. The van der Waals surface area contributed by atoms with Crippen molar-refractivity contribution in [2.45, 2.75) is 98.2 Å². The average Bonchev–Trinajstić information content (AvgIpc) is 0.942. The predicted octanol–water partition coefficient (Wildman–Crippen LogP) is 6.98. The van der Waals surface area contributed by atoms with Crippen LogP contribution in [-0.4, -0.2) is 178 Å². The lowest BCUT2D eigenvalue weighted by Gasteiger charge is -2.22. The van der Waals surface area contributed by atoms with Crippen LogP contribution in [0.4, 0.5) is 16.3 Å². The number of aromatic carboxylic acids is 1. The fraction of sp³-hybridized carbons (Fsp3) is 0.473. The molecule has 3 heterocycles. The molecule has 1 aliphatic carbocycles. The van der Waals surface area contributed by atoms with Gasteiger partial charge in [-0.15, -0.1) is 0 Å². The molecule has 1 saturated heterocycles. The molecule has 100 heavy (non-hydrogen) atoms. The average molecular weight is 1580 g/mol. The van der Waals surface area contributed by atoms with Gasteiger partial charge in [0.2, 0.25) is 0 Å². The summed E-state index contributed by atoms with van der Waals surface area (Å²) in [6.45, 7) is 4.48. The first kappa shape index (κ1) is 83.4. The number of ketones is 1. The lowest BCUT2D eigenvalue weighted by atomic mass is 9.88. The number of phosphoric ester groups is 1. The molecule has 3 aromatic rings. The Balaban J connectivity index is 0.811. The van der Waals surface area contributed by atoms with Crippen LogP contribution in [0.15, 0.2) is 67.7 Å². The van der Waals surface area contributed by atoms with Crippen molar-refractivity contribution in [3.63, 3.8) is 0 Å². The number of hydrogen-bond donors (Lipinski definition) is 11. The summed E-state index contributed by atoms with van der Waals surface area (Å²) in [6.07, 6.45) is 0.870. The van der Waals surface area contributed by atoms with Crippen molar-refractivity contribution >= 4 is 133 Å². The zero-order valence-electron chi connectivity index (χ0n) is 53.1. The summed E-state index contributed by atoms with van der Waals surface area (Å²) in [5.41, 5.74) is 8.79. The van der Waals surface area contributed by atoms with Crippen LogP contribution in [-0.2, 0) is 85.0 Å². The van der Waals surface area contributed by atoms with Gasteiger partial charge < -0.3 is 79.0 Å². The number of alkyl carbamates (subject to hydrolysis) is 1. The van der Waals surface area contributed by atoms with Crippen molar-refractivity contribution in [3.05, 3.63) is 81.2 Å². The van der Waals surface area contributed by atoms with Gasteiger partial charge in [0.05, 0.1) is 74.3 Å². The van der Waals surface area contributed by atoms with Crippen molar-refractivity contribution in [1.29, 1.82) is 5.41 Å². The summed E-state index contributed by atoms with van der Waals surface area (Å²) < 4.78 is 163. The van der Waals surface area contributed by atoms with Gasteiger partial charge in [-0.05, 0) is 87.7 Å². The number of ether oxygens (including phenoxy) is 7. The van der Waals surface area contributed by atoms with Crippen molar-refractivity contribution in [1.82, 2.24) is 14.9 Å². The van der Waals surface area contributed by atoms with E-state index in [1.807, 2.05) is 13.8 Å². The number of fused-ring (bicyclic) bond motifs is 2. The third-order valence-electron chi connectivity index (χ3n) is 13.6. The third-order valence-corrected chi connectivity index (χ3v) is 23.8. The number of hydrogen-bond acceptors (Lipinski definition) is 31. The topological polar surface area (TPSA) is 558 Å². The van der Waals surface area contributed by atoms with Crippen molar-refractivity contribution in [2.24, 2.45) is 0 Å². The van der Waals surface area contributed by atoms with Crippen molar-refractivity contribution in [3.8, 4) is 34.3 Å². The number of amides is 1. The van der Waals surface area contributed by atoms with Gasteiger partial charge in [0.25, 0.3) is 20.2 Å². The molecule has 6 rings (SSSR count). The Morgan fingerprint density at radius 3 is 2.22 bits per heavy atom. The van der Waals surface area contributed by atoms with E-state index in [4.69, 9.17) is 68.8 Å². The molecule has 36 nitrogen and oxygen atoms in total. The van der Waals surface area contributed by atoms with Crippen LogP contribution < -0.4 is 27.8 Å². The maximum Gasteiger partial charge on any atom is 0.490 e. The van der Waals surface area contributed by atoms with Crippen LogP contribution in [0, 0.1) is 17.3 Å². The minimum atomic E-state index is -5.79. The van der Waals surface area contributed by atoms with E-state index in [0.29, 0.717) is 31.8 Å². The number of esters is 1. The standard InChI is InChI=1S/C55H71N6O30P3S6/c1-55(2,98-97-31-83-20-6-7-22-84-45(63)11-5-4-9-34-29-61(53(66)60-51(34)58)44-28-42(86-32-96-95-3)43(88-44)30-87-93(71,72)91-94(73,74)90-92(68,69)70)18-23-85-54(67)59-19-24-82-26-25-81-21-8-10-41(62)33-12-13-35(52(64)65)38(27-33)46-36-14-16-39(56)49(99(75,76)77)47(36)89-48-37(46)15-17-40(57)50(48)100(78,79)80/h12-17,27,29,42-44,56H,5-8,10-11,18-26,28,30-32,57H2,1-3H3,(H,59,67)(H,64,65)(H,71,72)(H,73,74)(H2,58,60,66)(H2,68,69,70)(H,75,76,77)(H,78,79,80)/t42-,43+,44+/m0/s1. The van der Waals surface area contributed by atoms with E-state index in [2.05, 4.69) is 30.8 Å². The van der Waals surface area contributed by atoms with E-state index in [9.17, 15) is 78.5 Å². The molecule has 1 fully saturated rings. The summed E-state index contributed by atoms with van der Waals surface area (Å²) in [5, 5.41) is 20.1. The molecule has 13 N–H and O–H groups in total. The summed E-state index contributed by atoms with van der Waals surface area (Å²) in [7, 11) is -21.7. The van der Waals surface area contributed by atoms with Gasteiger partial charge >= 0.3 is 47.2 Å². The first-order valence-electron chi connectivity index (χ1n) is 29.3. The van der Waals surface area contributed by atoms with Gasteiger partial charge in [-0.2, -0.15) is 30.4 Å². The Morgan fingerprint density at radius 1 is 0.830 bits per heavy atom. The van der Waals surface area contributed by atoms with Gasteiger partial charge in [0.1, 0.15) is 30.0 Å². The Morgan fingerprint density at radius 2 is 1.53 bits per heavy atom. The number of nitrogens with one attached hydrogen (secondary N) is 2. The highest BCUT2D eigenvalue weighted by Crippen LogP contribution is 2.66. The van der Waals surface area contributed by atoms with Gasteiger partial charge in [0, 0.05) is 72.0 Å². The smallest absolute Gasteiger partial charge is 0.478 e. The van der Waals surface area contributed by atoms with Crippen LogP contribution in [0.2, 0.25) is 0 Å². The first-order chi connectivity index (χ1) is 46.9. The minimum absolute atomic E-state index is 0.000985. The van der Waals surface area contributed by atoms with E-state index in [-0.39, 0.29) is 128 Å². The highest BCUT2D eigenvalue weighted by molar-refractivity contribution is 8.77. The van der Waals surface area contributed by atoms with E-state index in [1.165, 1.54) is 62.8 Å². The normalized spacial score (nSPS) is 16.4. The maximum atomic E-state index is 13.5. The van der Waals surface area contributed by atoms with Crippen LogP contribution in [0.1, 0.15) is 97.7 Å². The number of nitrogens with two attached hydrogens (primary N) is 2. The molecule has 1 aromatic heterocycles. The molecule has 0 saturated carbocycles. The number of unbranched alkanes of at least 4 members (excludes halogenated alkanes) is 1. The molecule has 1 amide bonds. The number of carbonyl (C=O) groups is 4.